The van der Waals surface area contributed by atoms with Crippen molar-refractivity contribution in [1.29, 1.82) is 0 Å². The molecule has 2 unspecified atom stereocenters. The van der Waals surface area contributed by atoms with Crippen LogP contribution in [0.2, 0.25) is 0 Å². The fourth-order valence-electron chi connectivity index (χ4n) is 4.62. The molecule has 2 atom stereocenters. The van der Waals surface area contributed by atoms with Crippen LogP contribution in [0, 0.1) is 11.3 Å². The molecule has 3 fully saturated rings. The summed E-state index contributed by atoms with van der Waals surface area (Å²) in [5.74, 6) is 1.05. The Hall–Kier alpha value is -0.650. The number of piperidine rings is 1. The molecule has 1 saturated carbocycles. The van der Waals surface area contributed by atoms with E-state index in [-0.39, 0.29) is 12.0 Å². The maximum Gasteiger partial charge on any atom is 0.231 e. The maximum atomic E-state index is 12.7. The number of carbonyl (C=O) groups excluding carboxylic acids is 1. The van der Waals surface area contributed by atoms with Crippen molar-refractivity contribution >= 4 is 5.91 Å². The van der Waals surface area contributed by atoms with E-state index in [0.717, 1.165) is 39.0 Å². The van der Waals surface area contributed by atoms with Gasteiger partial charge in [-0.1, -0.05) is 19.3 Å². The summed E-state index contributed by atoms with van der Waals surface area (Å²) in [6, 6.07) is 0. The van der Waals surface area contributed by atoms with Crippen molar-refractivity contribution in [2.45, 2.75) is 51.0 Å². The smallest absolute Gasteiger partial charge is 0.231 e. The summed E-state index contributed by atoms with van der Waals surface area (Å²) in [7, 11) is 0. The van der Waals surface area contributed by atoms with Gasteiger partial charge in [0.2, 0.25) is 5.91 Å². The summed E-state index contributed by atoms with van der Waals surface area (Å²) in [4.78, 5) is 16.9. The van der Waals surface area contributed by atoms with Gasteiger partial charge in [0.05, 0.1) is 18.1 Å². The summed E-state index contributed by atoms with van der Waals surface area (Å²) < 4.78 is 0. The maximum absolute atomic E-state index is 12.7. The second kappa shape index (κ2) is 6.85. The van der Waals surface area contributed by atoms with Crippen molar-refractivity contribution in [3.8, 4) is 0 Å². The number of aliphatic hydroxyl groups is 2. The fraction of sp³-hybridized carbons (Fsp3) is 0.941. The molecule has 0 bridgehead atoms. The molecule has 126 valence electrons. The van der Waals surface area contributed by atoms with Crippen LogP contribution in [0.4, 0.5) is 0 Å². The summed E-state index contributed by atoms with van der Waals surface area (Å²) in [6.45, 7) is 3.81. The quantitative estimate of drug-likeness (QED) is 0.739. The molecule has 0 aromatic carbocycles. The molecule has 1 aliphatic carbocycles. The van der Waals surface area contributed by atoms with E-state index in [9.17, 15) is 9.90 Å². The van der Waals surface area contributed by atoms with Gasteiger partial charge in [0.15, 0.2) is 0 Å². The van der Waals surface area contributed by atoms with Gasteiger partial charge in [-0.15, -0.1) is 0 Å². The topological polar surface area (TPSA) is 64.0 Å². The van der Waals surface area contributed by atoms with Crippen LogP contribution in [0.3, 0.4) is 0 Å². The SMILES string of the molecule is O=C1N(CC2CCCCC2)CC12CCCN(CC(O)CO)C2. The zero-order valence-electron chi connectivity index (χ0n) is 13.5. The Morgan fingerprint density at radius 2 is 1.95 bits per heavy atom. The van der Waals surface area contributed by atoms with Crippen LogP contribution in [-0.4, -0.2) is 71.4 Å². The third-order valence-electron chi connectivity index (χ3n) is 5.77. The molecule has 1 amide bonds. The third kappa shape index (κ3) is 3.31. The lowest BCUT2D eigenvalue weighted by molar-refractivity contribution is -0.168. The average molecular weight is 310 g/mol. The van der Waals surface area contributed by atoms with E-state index in [2.05, 4.69) is 9.80 Å². The van der Waals surface area contributed by atoms with Crippen molar-refractivity contribution < 1.29 is 15.0 Å². The summed E-state index contributed by atoms with van der Waals surface area (Å²) in [5.41, 5.74) is -0.192. The number of nitrogens with zero attached hydrogens (tertiary/aromatic N) is 2. The molecule has 5 heteroatoms. The monoisotopic (exact) mass is 310 g/mol. The first-order valence-electron chi connectivity index (χ1n) is 8.94. The minimum Gasteiger partial charge on any atom is -0.394 e. The number of likely N-dealkylation sites (tertiary alicyclic amines) is 2. The van der Waals surface area contributed by atoms with Crippen molar-refractivity contribution in [1.82, 2.24) is 9.80 Å². The van der Waals surface area contributed by atoms with E-state index in [1.165, 1.54) is 32.1 Å². The number of amides is 1. The van der Waals surface area contributed by atoms with Gasteiger partial charge in [0, 0.05) is 26.2 Å². The van der Waals surface area contributed by atoms with Gasteiger partial charge in [-0.2, -0.15) is 0 Å². The lowest BCUT2D eigenvalue weighted by atomic mass is 9.71. The van der Waals surface area contributed by atoms with Crippen LogP contribution in [-0.2, 0) is 4.79 Å². The Labute approximate surface area is 133 Å². The second-order valence-corrected chi connectivity index (χ2v) is 7.65. The highest BCUT2D eigenvalue weighted by atomic mass is 16.3. The van der Waals surface area contributed by atoms with Crippen LogP contribution in [0.15, 0.2) is 0 Å². The molecule has 22 heavy (non-hydrogen) atoms. The zero-order chi connectivity index (χ0) is 15.6. The Kier molecular flexibility index (Phi) is 5.05. The third-order valence-corrected chi connectivity index (χ3v) is 5.77. The number of β-amino-alcohol motifs (C(OH)–C–C–N with tert-alkyl or cyclic N) is 1. The largest absolute Gasteiger partial charge is 0.394 e. The minimum atomic E-state index is -0.691. The highest BCUT2D eigenvalue weighted by molar-refractivity contribution is 5.89. The molecule has 2 heterocycles. The Morgan fingerprint density at radius 1 is 1.18 bits per heavy atom. The van der Waals surface area contributed by atoms with Crippen molar-refractivity contribution in [2.24, 2.45) is 11.3 Å². The van der Waals surface area contributed by atoms with Crippen LogP contribution < -0.4 is 0 Å². The van der Waals surface area contributed by atoms with E-state index < -0.39 is 6.10 Å². The van der Waals surface area contributed by atoms with Crippen molar-refractivity contribution in [2.75, 3.05) is 39.3 Å². The van der Waals surface area contributed by atoms with Crippen molar-refractivity contribution in [3.05, 3.63) is 0 Å². The van der Waals surface area contributed by atoms with Gasteiger partial charge < -0.3 is 15.1 Å². The average Bonchev–Trinajstić information content (AvgIpc) is 2.55. The van der Waals surface area contributed by atoms with E-state index in [0.29, 0.717) is 18.4 Å². The Morgan fingerprint density at radius 3 is 2.64 bits per heavy atom. The normalized spacial score (nSPS) is 32.3. The van der Waals surface area contributed by atoms with Gasteiger partial charge in [0.25, 0.3) is 0 Å². The van der Waals surface area contributed by atoms with Gasteiger partial charge in [-0.25, -0.2) is 0 Å². The number of carbonyl (C=O) groups is 1. The summed E-state index contributed by atoms with van der Waals surface area (Å²) in [6.07, 6.45) is 7.88. The summed E-state index contributed by atoms with van der Waals surface area (Å²) in [5, 5.41) is 18.6. The Balaban J connectivity index is 1.51. The van der Waals surface area contributed by atoms with Gasteiger partial charge in [0.1, 0.15) is 0 Å². The lowest BCUT2D eigenvalue weighted by Gasteiger charge is -2.54. The molecule has 5 nitrogen and oxygen atoms in total. The molecule has 2 N–H and O–H groups in total. The number of hydrogen-bond donors (Lipinski definition) is 2. The highest BCUT2D eigenvalue weighted by Gasteiger charge is 2.53. The molecule has 1 spiro atoms. The van der Waals surface area contributed by atoms with Gasteiger partial charge >= 0.3 is 0 Å². The van der Waals surface area contributed by atoms with Crippen molar-refractivity contribution in [3.63, 3.8) is 0 Å². The molecule has 2 aliphatic heterocycles. The summed E-state index contributed by atoms with van der Waals surface area (Å²) >= 11 is 0. The molecule has 2 saturated heterocycles. The first-order valence-corrected chi connectivity index (χ1v) is 8.94. The number of β-lactam (4-membered cyclic amide) rings is 1. The molecular weight excluding hydrogens is 280 g/mol. The molecule has 0 radical (unpaired) electrons. The van der Waals surface area contributed by atoms with Gasteiger partial charge in [-0.3, -0.25) is 9.69 Å². The standard InChI is InChI=1S/C17H30N2O3/c20-11-15(21)10-18-8-4-7-17(12-18)13-19(16(17)22)9-14-5-2-1-3-6-14/h14-15,20-21H,1-13H2. The number of aliphatic hydroxyl groups excluding tert-OH is 2. The number of hydrogen-bond acceptors (Lipinski definition) is 4. The zero-order valence-corrected chi connectivity index (χ0v) is 13.5. The van der Waals surface area contributed by atoms with Crippen LogP contribution in [0.5, 0.6) is 0 Å². The Bertz CT molecular complexity index is 397. The van der Waals surface area contributed by atoms with Crippen LogP contribution in [0.25, 0.3) is 0 Å². The molecule has 0 aromatic heterocycles. The molecule has 3 aliphatic rings. The van der Waals surface area contributed by atoms with E-state index in [4.69, 9.17) is 5.11 Å². The van der Waals surface area contributed by atoms with Crippen LogP contribution in [0.1, 0.15) is 44.9 Å². The van der Waals surface area contributed by atoms with E-state index >= 15 is 0 Å². The van der Waals surface area contributed by atoms with Crippen LogP contribution >= 0.6 is 0 Å². The van der Waals surface area contributed by atoms with E-state index in [1.807, 2.05) is 0 Å². The second-order valence-electron chi connectivity index (χ2n) is 7.65. The molecule has 0 aromatic rings. The molecular formula is C17H30N2O3. The first kappa shape index (κ1) is 16.2. The minimum absolute atomic E-state index is 0.192. The molecule has 3 rings (SSSR count). The van der Waals surface area contributed by atoms with Gasteiger partial charge in [-0.05, 0) is 38.1 Å². The fourth-order valence-corrected chi connectivity index (χ4v) is 4.62. The predicted octanol–water partition coefficient (Wildman–Crippen LogP) is 0.844. The van der Waals surface area contributed by atoms with E-state index in [1.54, 1.807) is 0 Å². The predicted molar refractivity (Wildman–Crippen MR) is 84.4 cm³/mol. The first-order chi connectivity index (χ1) is 10.6. The lowest BCUT2D eigenvalue weighted by Crippen LogP contribution is -2.67. The number of rotatable bonds is 5. The highest BCUT2D eigenvalue weighted by Crippen LogP contribution is 2.41.